The van der Waals surface area contributed by atoms with Crippen LogP contribution in [0.1, 0.15) is 70.1 Å². The van der Waals surface area contributed by atoms with Crippen LogP contribution in [0.5, 0.6) is 0 Å². The van der Waals surface area contributed by atoms with E-state index in [4.69, 9.17) is 10.3 Å². The van der Waals surface area contributed by atoms with E-state index in [1.54, 1.807) is 0 Å². The molecule has 1 fully saturated rings. The molecule has 0 radical (unpaired) electrons. The summed E-state index contributed by atoms with van der Waals surface area (Å²) < 4.78 is 5.29. The number of nitrogens with two attached hydrogens (primary N) is 1. The predicted octanol–water partition coefficient (Wildman–Crippen LogP) is 3.68. The van der Waals surface area contributed by atoms with Gasteiger partial charge in [-0.3, -0.25) is 0 Å². The first-order chi connectivity index (χ1) is 9.20. The second-order valence-corrected chi connectivity index (χ2v) is 6.82. The molecular weight excluding hydrogens is 258 g/mol. The Hall–Kier alpha value is -0.550. The number of nitrogens with zero attached hydrogens (tertiary/aromatic N) is 2. The zero-order chi connectivity index (χ0) is 13.7. The minimum Gasteiger partial charge on any atom is -0.338 e. The molecule has 0 amide bonds. The molecule has 0 bridgehead atoms. The number of rotatable bonds is 6. The average Bonchev–Trinajstić information content (AvgIpc) is 2.93. The lowest BCUT2D eigenvalue weighted by Gasteiger charge is -2.20. The summed E-state index contributed by atoms with van der Waals surface area (Å²) in [6.07, 6.45) is 7.83. The fourth-order valence-electron chi connectivity index (χ4n) is 2.38. The van der Waals surface area contributed by atoms with Gasteiger partial charge in [0.05, 0.1) is 11.8 Å². The van der Waals surface area contributed by atoms with E-state index in [2.05, 4.69) is 24.0 Å². The van der Waals surface area contributed by atoms with E-state index in [9.17, 15) is 0 Å². The maximum absolute atomic E-state index is 6.10. The van der Waals surface area contributed by atoms with Gasteiger partial charge in [-0.05, 0) is 18.8 Å². The third kappa shape index (κ3) is 4.21. The van der Waals surface area contributed by atoms with Crippen molar-refractivity contribution in [1.29, 1.82) is 0 Å². The summed E-state index contributed by atoms with van der Waals surface area (Å²) in [5, 5.41) is 4.83. The lowest BCUT2D eigenvalue weighted by molar-refractivity contribution is 0.311. The molecule has 4 nitrogen and oxygen atoms in total. The molecule has 1 aliphatic rings. The third-order valence-electron chi connectivity index (χ3n) is 4.03. The molecule has 2 atom stereocenters. The molecule has 2 N–H and O–H groups in total. The van der Waals surface area contributed by atoms with Crippen molar-refractivity contribution >= 4 is 11.8 Å². The van der Waals surface area contributed by atoms with Gasteiger partial charge in [-0.15, -0.1) is 0 Å². The van der Waals surface area contributed by atoms with Crippen molar-refractivity contribution in [2.75, 3.05) is 0 Å². The Morgan fingerprint density at radius 3 is 2.79 bits per heavy atom. The fraction of sp³-hybridized carbons (Fsp3) is 0.857. The van der Waals surface area contributed by atoms with Crippen LogP contribution in [-0.2, 0) is 5.75 Å². The van der Waals surface area contributed by atoms with Crippen molar-refractivity contribution in [3.63, 3.8) is 0 Å². The van der Waals surface area contributed by atoms with E-state index in [1.165, 1.54) is 32.1 Å². The van der Waals surface area contributed by atoms with E-state index in [0.29, 0.717) is 11.8 Å². The van der Waals surface area contributed by atoms with Gasteiger partial charge >= 0.3 is 0 Å². The van der Waals surface area contributed by atoms with Gasteiger partial charge < -0.3 is 10.3 Å². The Morgan fingerprint density at radius 2 is 2.11 bits per heavy atom. The fourth-order valence-corrected chi connectivity index (χ4v) is 3.55. The molecule has 1 aliphatic carbocycles. The summed E-state index contributed by atoms with van der Waals surface area (Å²) in [7, 11) is 0. The summed E-state index contributed by atoms with van der Waals surface area (Å²) in [5.74, 6) is 2.61. The molecule has 0 aromatic carbocycles. The van der Waals surface area contributed by atoms with E-state index in [1.807, 2.05) is 11.8 Å². The lowest BCUT2D eigenvalue weighted by atomic mass is 10.0. The molecule has 108 valence electrons. The number of hydrogen-bond acceptors (Lipinski definition) is 5. The molecule has 5 heteroatoms. The van der Waals surface area contributed by atoms with E-state index < -0.39 is 0 Å². The molecule has 19 heavy (non-hydrogen) atoms. The number of aromatic nitrogens is 2. The second kappa shape index (κ2) is 7.29. The highest BCUT2D eigenvalue weighted by Gasteiger charge is 2.21. The van der Waals surface area contributed by atoms with E-state index in [0.717, 1.165) is 23.2 Å². The Kier molecular flexibility index (Phi) is 5.70. The van der Waals surface area contributed by atoms with E-state index >= 15 is 0 Å². The van der Waals surface area contributed by atoms with Gasteiger partial charge in [-0.25, -0.2) is 0 Å². The van der Waals surface area contributed by atoms with Gasteiger partial charge in [0, 0.05) is 5.25 Å². The topological polar surface area (TPSA) is 64.9 Å². The van der Waals surface area contributed by atoms with E-state index in [-0.39, 0.29) is 6.04 Å². The largest absolute Gasteiger partial charge is 0.338 e. The molecule has 0 spiro atoms. The predicted molar refractivity (Wildman–Crippen MR) is 78.8 cm³/mol. The van der Waals surface area contributed by atoms with Crippen LogP contribution in [0.15, 0.2) is 4.52 Å². The quantitative estimate of drug-likeness (QED) is 0.862. The van der Waals surface area contributed by atoms with Crippen LogP contribution >= 0.6 is 11.8 Å². The highest BCUT2D eigenvalue weighted by Crippen LogP contribution is 2.30. The van der Waals surface area contributed by atoms with Crippen molar-refractivity contribution in [2.45, 2.75) is 69.4 Å². The first kappa shape index (κ1) is 14.9. The molecule has 2 rings (SSSR count). The smallest absolute Gasteiger partial charge is 0.243 e. The van der Waals surface area contributed by atoms with Crippen molar-refractivity contribution in [3.8, 4) is 0 Å². The first-order valence-electron chi connectivity index (χ1n) is 7.40. The Labute approximate surface area is 119 Å². The molecule has 1 aromatic heterocycles. The van der Waals surface area contributed by atoms with Crippen molar-refractivity contribution in [1.82, 2.24) is 10.1 Å². The van der Waals surface area contributed by atoms with Gasteiger partial charge in [0.1, 0.15) is 0 Å². The SMILES string of the molecule is CCC(C)[C@H](N)c1nc(CSC2CCCCC2)no1. The van der Waals surface area contributed by atoms with Gasteiger partial charge in [0.25, 0.3) is 0 Å². The minimum atomic E-state index is -0.133. The van der Waals surface area contributed by atoms with Crippen LogP contribution < -0.4 is 5.73 Å². The Morgan fingerprint density at radius 1 is 1.37 bits per heavy atom. The van der Waals surface area contributed by atoms with Crippen molar-refractivity contribution in [2.24, 2.45) is 11.7 Å². The zero-order valence-electron chi connectivity index (χ0n) is 12.0. The maximum Gasteiger partial charge on any atom is 0.243 e. The molecule has 1 aromatic rings. The molecule has 1 unspecified atom stereocenters. The average molecular weight is 283 g/mol. The van der Waals surface area contributed by atoms with Crippen LogP contribution in [0, 0.1) is 5.92 Å². The summed E-state index contributed by atoms with van der Waals surface area (Å²) in [4.78, 5) is 4.44. The number of thioether (sulfide) groups is 1. The monoisotopic (exact) mass is 283 g/mol. The van der Waals surface area contributed by atoms with Crippen LogP contribution in [0.25, 0.3) is 0 Å². The maximum atomic E-state index is 6.10. The van der Waals surface area contributed by atoms with Crippen LogP contribution in [0.4, 0.5) is 0 Å². The molecule has 0 aliphatic heterocycles. The normalized spacial score (nSPS) is 20.4. The van der Waals surface area contributed by atoms with Gasteiger partial charge in [-0.2, -0.15) is 16.7 Å². The zero-order valence-corrected chi connectivity index (χ0v) is 12.8. The number of hydrogen-bond donors (Lipinski definition) is 1. The molecule has 1 saturated carbocycles. The van der Waals surface area contributed by atoms with Crippen molar-refractivity contribution in [3.05, 3.63) is 11.7 Å². The summed E-state index contributed by atoms with van der Waals surface area (Å²) in [6.45, 7) is 4.24. The summed E-state index contributed by atoms with van der Waals surface area (Å²) in [5.41, 5.74) is 6.10. The third-order valence-corrected chi connectivity index (χ3v) is 5.39. The Balaban J connectivity index is 1.83. The summed E-state index contributed by atoms with van der Waals surface area (Å²) >= 11 is 1.96. The van der Waals surface area contributed by atoms with Crippen LogP contribution in [0.2, 0.25) is 0 Å². The first-order valence-corrected chi connectivity index (χ1v) is 8.45. The van der Waals surface area contributed by atoms with Gasteiger partial charge in [-0.1, -0.05) is 44.7 Å². The minimum absolute atomic E-state index is 0.133. The molecular formula is C14H25N3OS. The second-order valence-electron chi connectivity index (χ2n) is 5.53. The van der Waals surface area contributed by atoms with Gasteiger partial charge in [0.15, 0.2) is 5.82 Å². The van der Waals surface area contributed by atoms with Gasteiger partial charge in [0.2, 0.25) is 5.89 Å². The van der Waals surface area contributed by atoms with Crippen LogP contribution in [-0.4, -0.2) is 15.4 Å². The van der Waals surface area contributed by atoms with Crippen molar-refractivity contribution < 1.29 is 4.52 Å². The van der Waals surface area contributed by atoms with Crippen LogP contribution in [0.3, 0.4) is 0 Å². The standard InChI is InChI=1S/C14H25N3OS/c1-3-10(2)13(15)14-16-12(17-18-14)9-19-11-7-5-4-6-8-11/h10-11,13H,3-9,15H2,1-2H3/t10?,13-/m0/s1. The highest BCUT2D eigenvalue weighted by molar-refractivity contribution is 7.99. The highest BCUT2D eigenvalue weighted by atomic mass is 32.2. The molecule has 0 saturated heterocycles. The lowest BCUT2D eigenvalue weighted by Crippen LogP contribution is -2.18. The molecule has 1 heterocycles. The Bertz CT molecular complexity index is 377. The summed E-state index contributed by atoms with van der Waals surface area (Å²) in [6, 6.07) is -0.133.